The highest BCUT2D eigenvalue weighted by Gasteiger charge is 2.26. The molecule has 2 rings (SSSR count). The Morgan fingerprint density at radius 2 is 2.25 bits per heavy atom. The zero-order chi connectivity index (χ0) is 11.7. The van der Waals surface area contributed by atoms with E-state index < -0.39 is 6.10 Å². The lowest BCUT2D eigenvalue weighted by molar-refractivity contribution is 0.0764. The molecule has 86 valence electrons. The lowest BCUT2D eigenvalue weighted by Crippen LogP contribution is -2.30. The fourth-order valence-corrected chi connectivity index (χ4v) is 1.95. The van der Waals surface area contributed by atoms with Crippen LogP contribution in [0.5, 0.6) is 5.75 Å². The molecule has 2 N–H and O–H groups in total. The molecule has 0 aliphatic carbocycles. The van der Waals surface area contributed by atoms with Gasteiger partial charge < -0.3 is 15.1 Å². The van der Waals surface area contributed by atoms with Crippen LogP contribution in [0, 0.1) is 6.92 Å². The van der Waals surface area contributed by atoms with Crippen LogP contribution in [0.3, 0.4) is 0 Å². The summed E-state index contributed by atoms with van der Waals surface area (Å²) >= 11 is 0. The molecular weight excluding hydrogens is 206 g/mol. The number of benzene rings is 1. The molecule has 1 amide bonds. The molecule has 0 radical (unpaired) electrons. The van der Waals surface area contributed by atoms with Gasteiger partial charge in [0, 0.05) is 24.2 Å². The van der Waals surface area contributed by atoms with Crippen LogP contribution in [-0.4, -0.2) is 40.2 Å². The second kappa shape index (κ2) is 4.14. The number of rotatable bonds is 1. The van der Waals surface area contributed by atoms with Crippen LogP contribution < -0.4 is 0 Å². The number of likely N-dealkylation sites (tertiary alicyclic amines) is 1. The van der Waals surface area contributed by atoms with Gasteiger partial charge in [0.15, 0.2) is 0 Å². The topological polar surface area (TPSA) is 60.8 Å². The number of carbonyl (C=O) groups is 1. The van der Waals surface area contributed by atoms with Crippen LogP contribution in [0.4, 0.5) is 0 Å². The summed E-state index contributed by atoms with van der Waals surface area (Å²) in [4.78, 5) is 13.7. The predicted octanol–water partition coefficient (Wildman–Crippen LogP) is 0.907. The van der Waals surface area contributed by atoms with E-state index in [0.29, 0.717) is 30.6 Å². The number of aromatic hydroxyl groups is 1. The number of phenols is 1. The maximum Gasteiger partial charge on any atom is 0.254 e. The Bertz CT molecular complexity index is 417. The van der Waals surface area contributed by atoms with Gasteiger partial charge in [-0.3, -0.25) is 4.79 Å². The van der Waals surface area contributed by atoms with Crippen molar-refractivity contribution in [2.24, 2.45) is 0 Å². The Morgan fingerprint density at radius 3 is 2.88 bits per heavy atom. The first-order chi connectivity index (χ1) is 7.59. The van der Waals surface area contributed by atoms with Crippen molar-refractivity contribution in [1.82, 2.24) is 4.90 Å². The summed E-state index contributed by atoms with van der Waals surface area (Å²) in [7, 11) is 0. The zero-order valence-electron chi connectivity index (χ0n) is 9.18. The molecule has 1 atom stereocenters. The molecule has 0 aromatic heterocycles. The molecule has 1 aliphatic heterocycles. The highest BCUT2D eigenvalue weighted by molar-refractivity contribution is 5.96. The molecule has 1 aromatic rings. The maximum atomic E-state index is 12.1. The summed E-state index contributed by atoms with van der Waals surface area (Å²) in [6.45, 7) is 2.68. The van der Waals surface area contributed by atoms with Gasteiger partial charge in [0.25, 0.3) is 5.91 Å². The Kier molecular flexibility index (Phi) is 2.83. The van der Waals surface area contributed by atoms with Gasteiger partial charge in [0.1, 0.15) is 5.75 Å². The molecule has 1 heterocycles. The Labute approximate surface area is 94.1 Å². The van der Waals surface area contributed by atoms with Crippen LogP contribution in [0.25, 0.3) is 0 Å². The lowest BCUT2D eigenvalue weighted by Gasteiger charge is -2.17. The van der Waals surface area contributed by atoms with Crippen molar-refractivity contribution in [3.05, 3.63) is 29.3 Å². The molecule has 0 bridgehead atoms. The van der Waals surface area contributed by atoms with E-state index in [0.717, 1.165) is 0 Å². The van der Waals surface area contributed by atoms with Gasteiger partial charge in [-0.05, 0) is 25.5 Å². The second-order valence-corrected chi connectivity index (χ2v) is 4.14. The highest BCUT2D eigenvalue weighted by Crippen LogP contribution is 2.22. The number of aliphatic hydroxyl groups is 1. The van der Waals surface area contributed by atoms with Crippen LogP contribution in [0.2, 0.25) is 0 Å². The van der Waals surface area contributed by atoms with E-state index >= 15 is 0 Å². The van der Waals surface area contributed by atoms with Crippen LogP contribution in [-0.2, 0) is 0 Å². The summed E-state index contributed by atoms with van der Waals surface area (Å²) in [6.07, 6.45) is 0.213. The van der Waals surface area contributed by atoms with Gasteiger partial charge in [0.05, 0.1) is 6.10 Å². The zero-order valence-corrected chi connectivity index (χ0v) is 9.18. The smallest absolute Gasteiger partial charge is 0.254 e. The van der Waals surface area contributed by atoms with E-state index in [-0.39, 0.29) is 11.7 Å². The quantitative estimate of drug-likeness (QED) is 0.741. The third-order valence-corrected chi connectivity index (χ3v) is 2.99. The van der Waals surface area contributed by atoms with Crippen molar-refractivity contribution >= 4 is 5.91 Å². The first-order valence-electron chi connectivity index (χ1n) is 5.35. The van der Waals surface area contributed by atoms with Crippen LogP contribution in [0.1, 0.15) is 22.3 Å². The third-order valence-electron chi connectivity index (χ3n) is 2.99. The van der Waals surface area contributed by atoms with Gasteiger partial charge in [-0.15, -0.1) is 0 Å². The summed E-state index contributed by atoms with van der Waals surface area (Å²) in [5, 5.41) is 18.9. The third kappa shape index (κ3) is 1.88. The van der Waals surface area contributed by atoms with Crippen LogP contribution >= 0.6 is 0 Å². The average molecular weight is 221 g/mol. The molecule has 0 unspecified atom stereocenters. The molecule has 1 aromatic carbocycles. The molecule has 0 spiro atoms. The minimum atomic E-state index is -0.415. The number of β-amino-alcohol motifs (C(OH)–C–C–N with tert-alkyl or cyclic N) is 1. The monoisotopic (exact) mass is 221 g/mol. The fraction of sp³-hybridized carbons (Fsp3) is 0.417. The first kappa shape index (κ1) is 11.0. The van der Waals surface area contributed by atoms with E-state index in [1.807, 2.05) is 0 Å². The molecule has 4 heteroatoms. The van der Waals surface area contributed by atoms with E-state index in [1.54, 1.807) is 30.0 Å². The minimum absolute atomic E-state index is 0.120. The molecule has 16 heavy (non-hydrogen) atoms. The number of hydrogen-bond acceptors (Lipinski definition) is 3. The first-order valence-corrected chi connectivity index (χ1v) is 5.35. The van der Waals surface area contributed by atoms with Crippen LogP contribution in [0.15, 0.2) is 18.2 Å². The van der Waals surface area contributed by atoms with E-state index in [1.165, 1.54) is 0 Å². The second-order valence-electron chi connectivity index (χ2n) is 4.14. The fourth-order valence-electron chi connectivity index (χ4n) is 1.95. The van der Waals surface area contributed by atoms with E-state index in [9.17, 15) is 15.0 Å². The summed E-state index contributed by atoms with van der Waals surface area (Å²) < 4.78 is 0. The standard InChI is InChI=1S/C12H15NO3/c1-8-10(3-2-4-11(8)15)12(16)13-6-5-9(14)7-13/h2-4,9,14-15H,5-7H2,1H3/t9-/m0/s1. The van der Waals surface area contributed by atoms with Gasteiger partial charge in [0.2, 0.25) is 0 Å². The van der Waals surface area contributed by atoms with Crippen molar-refractivity contribution in [2.75, 3.05) is 13.1 Å². The van der Waals surface area contributed by atoms with Gasteiger partial charge in [-0.2, -0.15) is 0 Å². The van der Waals surface area contributed by atoms with E-state index in [2.05, 4.69) is 0 Å². The SMILES string of the molecule is Cc1c(O)cccc1C(=O)N1CC[C@H](O)C1. The average Bonchev–Trinajstić information content (AvgIpc) is 2.68. The van der Waals surface area contributed by atoms with Gasteiger partial charge >= 0.3 is 0 Å². The predicted molar refractivity (Wildman–Crippen MR) is 59.4 cm³/mol. The molecule has 0 saturated carbocycles. The van der Waals surface area contributed by atoms with Crippen molar-refractivity contribution < 1.29 is 15.0 Å². The minimum Gasteiger partial charge on any atom is -0.508 e. The Hall–Kier alpha value is -1.55. The molecular formula is C12H15NO3. The molecule has 4 nitrogen and oxygen atoms in total. The van der Waals surface area contributed by atoms with Crippen molar-refractivity contribution in [3.8, 4) is 5.75 Å². The summed E-state index contributed by atoms with van der Waals surface area (Å²) in [5.74, 6) is 0.00976. The van der Waals surface area contributed by atoms with Crippen molar-refractivity contribution in [1.29, 1.82) is 0 Å². The number of amides is 1. The number of carbonyl (C=O) groups excluding carboxylic acids is 1. The Balaban J connectivity index is 2.24. The van der Waals surface area contributed by atoms with Gasteiger partial charge in [-0.1, -0.05) is 6.07 Å². The number of hydrogen-bond donors (Lipinski definition) is 2. The normalized spacial score (nSPS) is 20.1. The molecule has 1 aliphatic rings. The maximum absolute atomic E-state index is 12.1. The number of phenolic OH excluding ortho intramolecular Hbond substituents is 1. The van der Waals surface area contributed by atoms with E-state index in [4.69, 9.17) is 0 Å². The molecule has 1 fully saturated rings. The highest BCUT2D eigenvalue weighted by atomic mass is 16.3. The Morgan fingerprint density at radius 1 is 1.50 bits per heavy atom. The van der Waals surface area contributed by atoms with Crippen molar-refractivity contribution in [2.45, 2.75) is 19.4 Å². The summed E-state index contributed by atoms with van der Waals surface area (Å²) in [5.41, 5.74) is 1.10. The van der Waals surface area contributed by atoms with Gasteiger partial charge in [-0.25, -0.2) is 0 Å². The molecule has 1 saturated heterocycles. The lowest BCUT2D eigenvalue weighted by atomic mass is 10.1. The largest absolute Gasteiger partial charge is 0.508 e. The number of nitrogens with zero attached hydrogens (tertiary/aromatic N) is 1. The van der Waals surface area contributed by atoms with Crippen molar-refractivity contribution in [3.63, 3.8) is 0 Å². The number of aliphatic hydroxyl groups excluding tert-OH is 1. The summed E-state index contributed by atoms with van der Waals surface area (Å²) in [6, 6.07) is 4.91.